The van der Waals surface area contributed by atoms with Crippen molar-refractivity contribution in [2.45, 2.75) is 58.2 Å². The second-order valence-corrected chi connectivity index (χ2v) is 6.05. The molecule has 0 spiro atoms. The molecule has 0 radical (unpaired) electrons. The number of alkyl halides is 2. The van der Waals surface area contributed by atoms with Gasteiger partial charge in [0, 0.05) is 31.3 Å². The van der Waals surface area contributed by atoms with Crippen LogP contribution in [0.25, 0.3) is 0 Å². The monoisotopic (exact) mass is 483 g/mol. The van der Waals surface area contributed by atoms with E-state index in [9.17, 15) is 8.78 Å². The van der Waals surface area contributed by atoms with E-state index in [0.29, 0.717) is 36.5 Å². The predicted molar refractivity (Wildman–Crippen MR) is 110 cm³/mol. The Morgan fingerprint density at radius 1 is 1.31 bits per heavy atom. The second-order valence-electron chi connectivity index (χ2n) is 6.05. The summed E-state index contributed by atoms with van der Waals surface area (Å²) in [4.78, 5) is 4.20. The maximum absolute atomic E-state index is 12.7. The molecule has 1 aliphatic carbocycles. The number of nitrogens with zero attached hydrogens (tertiary/aromatic N) is 1. The Balaban J connectivity index is 0.00000338. The minimum absolute atomic E-state index is 0. The van der Waals surface area contributed by atoms with Gasteiger partial charge in [-0.1, -0.05) is 19.8 Å². The molecule has 8 heteroatoms. The lowest BCUT2D eigenvalue weighted by Crippen LogP contribution is -2.42. The normalized spacial score (nSPS) is 14.9. The Bertz CT molecular complexity index is 567. The third kappa shape index (κ3) is 7.51. The Morgan fingerprint density at radius 3 is 2.65 bits per heavy atom. The summed E-state index contributed by atoms with van der Waals surface area (Å²) in [5.41, 5.74) is 0.624. The highest BCUT2D eigenvalue weighted by molar-refractivity contribution is 14.0. The summed E-state index contributed by atoms with van der Waals surface area (Å²) in [5, 5.41) is 6.52. The van der Waals surface area contributed by atoms with Gasteiger partial charge in [0.15, 0.2) is 5.96 Å². The Morgan fingerprint density at radius 2 is 2.04 bits per heavy atom. The van der Waals surface area contributed by atoms with Gasteiger partial charge in [0.1, 0.15) is 11.5 Å². The van der Waals surface area contributed by atoms with E-state index in [1.807, 2.05) is 6.92 Å². The molecule has 148 valence electrons. The SMILES string of the molecule is CCCOc1ccc(CNC(=NC)NC2CCCC2)c(OC(F)F)c1.I. The largest absolute Gasteiger partial charge is 0.493 e. The van der Waals surface area contributed by atoms with E-state index in [4.69, 9.17) is 4.74 Å². The molecular weight excluding hydrogens is 455 g/mol. The van der Waals surface area contributed by atoms with Crippen molar-refractivity contribution in [1.29, 1.82) is 0 Å². The predicted octanol–water partition coefficient (Wildman–Crippen LogP) is 4.30. The fourth-order valence-electron chi connectivity index (χ4n) is 2.83. The highest BCUT2D eigenvalue weighted by Crippen LogP contribution is 2.26. The van der Waals surface area contributed by atoms with Crippen molar-refractivity contribution < 1.29 is 18.3 Å². The van der Waals surface area contributed by atoms with E-state index in [0.717, 1.165) is 19.3 Å². The minimum atomic E-state index is -2.88. The minimum Gasteiger partial charge on any atom is -0.493 e. The number of nitrogens with one attached hydrogen (secondary N) is 2. The molecule has 0 aliphatic heterocycles. The zero-order valence-corrected chi connectivity index (χ0v) is 17.6. The number of hydrogen-bond acceptors (Lipinski definition) is 3. The van der Waals surface area contributed by atoms with Gasteiger partial charge < -0.3 is 20.1 Å². The molecule has 0 atom stereocenters. The average molecular weight is 483 g/mol. The molecule has 2 rings (SSSR count). The van der Waals surface area contributed by atoms with E-state index in [2.05, 4.69) is 20.4 Å². The Hall–Kier alpha value is -1.32. The summed E-state index contributed by atoms with van der Waals surface area (Å²) in [6.07, 6.45) is 5.55. The highest BCUT2D eigenvalue weighted by Gasteiger charge is 2.16. The molecule has 2 N–H and O–H groups in total. The molecule has 0 saturated heterocycles. The Labute approximate surface area is 171 Å². The standard InChI is InChI=1S/C18H27F2N3O2.HI/c1-3-10-24-15-9-8-13(16(11-15)25-17(19)20)12-22-18(21-2)23-14-6-4-5-7-14;/h8-9,11,14,17H,3-7,10,12H2,1-2H3,(H2,21,22,23);1H. The molecule has 1 aromatic carbocycles. The van der Waals surface area contributed by atoms with E-state index in [-0.39, 0.29) is 29.7 Å². The molecule has 5 nitrogen and oxygen atoms in total. The maximum atomic E-state index is 12.7. The lowest BCUT2D eigenvalue weighted by molar-refractivity contribution is -0.0505. The van der Waals surface area contributed by atoms with Crippen LogP contribution in [0.5, 0.6) is 11.5 Å². The summed E-state index contributed by atoms with van der Waals surface area (Å²) < 4.78 is 35.5. The van der Waals surface area contributed by atoms with Crippen LogP contribution in [-0.4, -0.2) is 32.3 Å². The number of benzene rings is 1. The smallest absolute Gasteiger partial charge is 0.387 e. The zero-order valence-electron chi connectivity index (χ0n) is 15.3. The van der Waals surface area contributed by atoms with E-state index < -0.39 is 6.61 Å². The first-order valence-electron chi connectivity index (χ1n) is 8.80. The van der Waals surface area contributed by atoms with Crippen molar-refractivity contribution in [3.8, 4) is 11.5 Å². The van der Waals surface area contributed by atoms with Gasteiger partial charge in [-0.25, -0.2) is 0 Å². The van der Waals surface area contributed by atoms with Crippen molar-refractivity contribution >= 4 is 29.9 Å². The van der Waals surface area contributed by atoms with Gasteiger partial charge >= 0.3 is 6.61 Å². The van der Waals surface area contributed by atoms with E-state index >= 15 is 0 Å². The molecule has 0 aromatic heterocycles. The Kier molecular flexibility index (Phi) is 10.6. The average Bonchev–Trinajstić information content (AvgIpc) is 3.10. The van der Waals surface area contributed by atoms with Gasteiger partial charge in [-0.3, -0.25) is 4.99 Å². The van der Waals surface area contributed by atoms with Crippen molar-refractivity contribution in [1.82, 2.24) is 10.6 Å². The molecule has 0 heterocycles. The number of ether oxygens (including phenoxy) is 2. The van der Waals surface area contributed by atoms with Crippen LogP contribution in [0.1, 0.15) is 44.6 Å². The summed E-state index contributed by atoms with van der Waals surface area (Å²) >= 11 is 0. The zero-order chi connectivity index (χ0) is 18.1. The van der Waals surface area contributed by atoms with Crippen LogP contribution in [0.4, 0.5) is 8.78 Å². The first-order valence-corrected chi connectivity index (χ1v) is 8.80. The molecular formula is C18H28F2IN3O2. The van der Waals surface area contributed by atoms with Crippen LogP contribution in [0, 0.1) is 0 Å². The van der Waals surface area contributed by atoms with Gasteiger partial charge in [0.25, 0.3) is 0 Å². The van der Waals surface area contributed by atoms with E-state index in [1.54, 1.807) is 19.2 Å². The fraction of sp³-hybridized carbons (Fsp3) is 0.611. The fourth-order valence-corrected chi connectivity index (χ4v) is 2.83. The summed E-state index contributed by atoms with van der Waals surface area (Å²) in [6, 6.07) is 5.43. The third-order valence-electron chi connectivity index (χ3n) is 4.09. The van der Waals surface area contributed by atoms with Crippen LogP contribution in [0.3, 0.4) is 0 Å². The summed E-state index contributed by atoms with van der Waals surface area (Å²) in [6.45, 7) is -0.0274. The van der Waals surface area contributed by atoms with Crippen LogP contribution in [0.2, 0.25) is 0 Å². The second kappa shape index (κ2) is 12.1. The number of halogens is 3. The molecule has 1 aromatic rings. The first kappa shape index (κ1) is 22.7. The first-order chi connectivity index (χ1) is 12.1. The van der Waals surface area contributed by atoms with Crippen LogP contribution >= 0.6 is 24.0 Å². The van der Waals surface area contributed by atoms with Gasteiger partial charge in [0.05, 0.1) is 6.61 Å². The summed E-state index contributed by atoms with van der Waals surface area (Å²) in [5.74, 6) is 1.31. The summed E-state index contributed by atoms with van der Waals surface area (Å²) in [7, 11) is 1.70. The lowest BCUT2D eigenvalue weighted by Gasteiger charge is -2.18. The molecule has 1 saturated carbocycles. The molecule has 1 aliphatic rings. The van der Waals surface area contributed by atoms with Crippen molar-refractivity contribution in [3.05, 3.63) is 23.8 Å². The quantitative estimate of drug-likeness (QED) is 0.329. The van der Waals surface area contributed by atoms with E-state index in [1.165, 1.54) is 18.9 Å². The van der Waals surface area contributed by atoms with Gasteiger partial charge in [0.2, 0.25) is 0 Å². The molecule has 1 fully saturated rings. The van der Waals surface area contributed by atoms with Crippen LogP contribution < -0.4 is 20.1 Å². The number of guanidine groups is 1. The van der Waals surface area contributed by atoms with Crippen LogP contribution in [0.15, 0.2) is 23.2 Å². The van der Waals surface area contributed by atoms with Crippen molar-refractivity contribution in [2.75, 3.05) is 13.7 Å². The lowest BCUT2D eigenvalue weighted by atomic mass is 10.2. The number of rotatable bonds is 8. The third-order valence-corrected chi connectivity index (χ3v) is 4.09. The van der Waals surface area contributed by atoms with Gasteiger partial charge in [-0.05, 0) is 31.4 Å². The number of aliphatic imine (C=N–C) groups is 1. The number of hydrogen-bond donors (Lipinski definition) is 2. The van der Waals surface area contributed by atoms with Crippen LogP contribution in [-0.2, 0) is 6.54 Å². The molecule has 26 heavy (non-hydrogen) atoms. The molecule has 0 bridgehead atoms. The van der Waals surface area contributed by atoms with Crippen molar-refractivity contribution in [3.63, 3.8) is 0 Å². The van der Waals surface area contributed by atoms with Gasteiger partial charge in [-0.2, -0.15) is 8.78 Å². The van der Waals surface area contributed by atoms with Crippen molar-refractivity contribution in [2.24, 2.45) is 4.99 Å². The maximum Gasteiger partial charge on any atom is 0.387 e. The highest BCUT2D eigenvalue weighted by atomic mass is 127. The van der Waals surface area contributed by atoms with Gasteiger partial charge in [-0.15, -0.1) is 24.0 Å². The molecule has 0 amide bonds. The molecule has 0 unspecified atom stereocenters. The topological polar surface area (TPSA) is 54.9 Å².